The van der Waals surface area contributed by atoms with Crippen molar-refractivity contribution >= 4 is 11.9 Å². The van der Waals surface area contributed by atoms with Gasteiger partial charge in [-0.3, -0.25) is 4.79 Å². The van der Waals surface area contributed by atoms with Crippen molar-refractivity contribution in [1.82, 2.24) is 15.1 Å². The molecule has 0 spiro atoms. The van der Waals surface area contributed by atoms with Gasteiger partial charge in [0.15, 0.2) is 0 Å². The van der Waals surface area contributed by atoms with Crippen molar-refractivity contribution in [3.8, 4) is 6.07 Å². The van der Waals surface area contributed by atoms with Gasteiger partial charge in [-0.15, -0.1) is 0 Å². The highest BCUT2D eigenvalue weighted by Gasteiger charge is 2.44. The Balaban J connectivity index is 1.70. The van der Waals surface area contributed by atoms with Gasteiger partial charge in [0.25, 0.3) is 0 Å². The van der Waals surface area contributed by atoms with E-state index in [-0.39, 0.29) is 18.0 Å². The van der Waals surface area contributed by atoms with E-state index in [4.69, 9.17) is 0 Å². The first kappa shape index (κ1) is 15.1. The second-order valence-corrected chi connectivity index (χ2v) is 6.73. The van der Waals surface area contributed by atoms with E-state index in [1.165, 1.54) is 0 Å². The summed E-state index contributed by atoms with van der Waals surface area (Å²) in [6, 6.07) is 2.40. The normalized spacial score (nSPS) is 28.1. The van der Waals surface area contributed by atoms with Gasteiger partial charge in [0.2, 0.25) is 5.91 Å². The van der Waals surface area contributed by atoms with Crippen LogP contribution >= 0.6 is 0 Å². The molecular weight excluding hydrogens is 280 g/mol. The number of likely N-dealkylation sites (tertiary alicyclic amines) is 1. The summed E-state index contributed by atoms with van der Waals surface area (Å²) in [4.78, 5) is 28.5. The van der Waals surface area contributed by atoms with E-state index in [9.17, 15) is 14.9 Å². The van der Waals surface area contributed by atoms with Crippen LogP contribution in [0.3, 0.4) is 0 Å². The summed E-state index contributed by atoms with van der Waals surface area (Å²) in [7, 11) is 0. The van der Waals surface area contributed by atoms with Crippen LogP contribution in [0.1, 0.15) is 44.9 Å². The molecule has 6 nitrogen and oxygen atoms in total. The lowest BCUT2D eigenvalue weighted by atomic mass is 9.74. The zero-order valence-corrected chi connectivity index (χ0v) is 13.0. The Morgan fingerprint density at radius 3 is 2.64 bits per heavy atom. The number of nitrogens with zero attached hydrogens (tertiary/aromatic N) is 3. The van der Waals surface area contributed by atoms with Gasteiger partial charge in [0, 0.05) is 26.2 Å². The molecule has 1 aliphatic carbocycles. The Kier molecular flexibility index (Phi) is 4.23. The molecule has 1 unspecified atom stereocenters. The van der Waals surface area contributed by atoms with Crippen LogP contribution in [0.15, 0.2) is 0 Å². The van der Waals surface area contributed by atoms with Gasteiger partial charge in [-0.25, -0.2) is 4.79 Å². The number of carbonyl (C=O) groups excluding carboxylic acids is 2. The highest BCUT2D eigenvalue weighted by atomic mass is 16.2. The molecular formula is C16H24N4O2. The lowest BCUT2D eigenvalue weighted by Crippen LogP contribution is -2.54. The van der Waals surface area contributed by atoms with Crippen molar-refractivity contribution in [2.24, 2.45) is 5.41 Å². The minimum absolute atomic E-state index is 0.000921. The largest absolute Gasteiger partial charge is 0.339 e. The molecule has 3 rings (SSSR count). The lowest BCUT2D eigenvalue weighted by molar-refractivity contribution is -0.142. The van der Waals surface area contributed by atoms with Crippen LogP contribution in [0.4, 0.5) is 4.79 Å². The maximum Gasteiger partial charge on any atom is 0.317 e. The van der Waals surface area contributed by atoms with Gasteiger partial charge in [-0.1, -0.05) is 19.3 Å². The molecule has 3 aliphatic rings. The number of amides is 3. The first-order chi connectivity index (χ1) is 10.7. The van der Waals surface area contributed by atoms with Crippen molar-refractivity contribution in [2.45, 2.75) is 51.0 Å². The van der Waals surface area contributed by atoms with Crippen LogP contribution < -0.4 is 5.32 Å². The fourth-order valence-corrected chi connectivity index (χ4v) is 4.06. The molecule has 0 aromatic carbocycles. The van der Waals surface area contributed by atoms with E-state index in [0.717, 1.165) is 38.6 Å². The minimum atomic E-state index is -0.812. The quantitative estimate of drug-likeness (QED) is 0.839. The summed E-state index contributed by atoms with van der Waals surface area (Å²) in [6.07, 6.45) is 6.27. The summed E-state index contributed by atoms with van der Waals surface area (Å²) in [5, 5.41) is 12.4. The SMILES string of the molecule is N#CC1(C(=O)N2CCCC(N3CCNC3=O)C2)CCCCC1. The van der Waals surface area contributed by atoms with E-state index in [1.807, 2.05) is 9.80 Å². The van der Waals surface area contributed by atoms with Gasteiger partial charge in [-0.2, -0.15) is 5.26 Å². The van der Waals surface area contributed by atoms with Gasteiger partial charge in [-0.05, 0) is 25.7 Å². The number of hydrogen-bond donors (Lipinski definition) is 1. The number of nitriles is 1. The van der Waals surface area contributed by atoms with Crippen LogP contribution in [0.5, 0.6) is 0 Å². The molecule has 2 heterocycles. The summed E-state index contributed by atoms with van der Waals surface area (Å²) in [6.45, 7) is 2.70. The molecule has 0 radical (unpaired) electrons. The number of carbonyl (C=O) groups is 2. The molecule has 6 heteroatoms. The summed E-state index contributed by atoms with van der Waals surface area (Å²) in [5.74, 6) is -0.000921. The predicted octanol–water partition coefficient (Wildman–Crippen LogP) is 1.48. The molecule has 0 aromatic heterocycles. The zero-order chi connectivity index (χ0) is 15.6. The average Bonchev–Trinajstić information content (AvgIpc) is 3.01. The van der Waals surface area contributed by atoms with E-state index in [1.54, 1.807) is 0 Å². The van der Waals surface area contributed by atoms with Crippen LogP contribution in [0.25, 0.3) is 0 Å². The monoisotopic (exact) mass is 304 g/mol. The maximum absolute atomic E-state index is 12.9. The molecule has 3 amide bonds. The second-order valence-electron chi connectivity index (χ2n) is 6.73. The maximum atomic E-state index is 12.9. The molecule has 120 valence electrons. The Labute approximate surface area is 131 Å². The Bertz CT molecular complexity index is 493. The Hall–Kier alpha value is -1.77. The third kappa shape index (κ3) is 2.65. The number of nitrogens with one attached hydrogen (secondary N) is 1. The Morgan fingerprint density at radius 1 is 1.23 bits per heavy atom. The molecule has 1 saturated carbocycles. The number of urea groups is 1. The van der Waals surface area contributed by atoms with Crippen LogP contribution in [-0.4, -0.2) is 54.0 Å². The highest BCUT2D eigenvalue weighted by molar-refractivity contribution is 5.86. The second kappa shape index (κ2) is 6.15. The molecule has 3 fully saturated rings. The van der Waals surface area contributed by atoms with Crippen molar-refractivity contribution in [3.05, 3.63) is 0 Å². The molecule has 0 bridgehead atoms. The third-order valence-corrected chi connectivity index (χ3v) is 5.34. The van der Waals surface area contributed by atoms with Crippen molar-refractivity contribution in [2.75, 3.05) is 26.2 Å². The summed E-state index contributed by atoms with van der Waals surface area (Å²) in [5.41, 5.74) is -0.812. The topological polar surface area (TPSA) is 76.4 Å². The summed E-state index contributed by atoms with van der Waals surface area (Å²) >= 11 is 0. The van der Waals surface area contributed by atoms with Gasteiger partial charge < -0.3 is 15.1 Å². The lowest BCUT2D eigenvalue weighted by Gasteiger charge is -2.41. The van der Waals surface area contributed by atoms with Crippen LogP contribution in [0.2, 0.25) is 0 Å². The van der Waals surface area contributed by atoms with E-state index in [2.05, 4.69) is 11.4 Å². The van der Waals surface area contributed by atoms with Crippen LogP contribution in [-0.2, 0) is 4.79 Å². The summed E-state index contributed by atoms with van der Waals surface area (Å²) < 4.78 is 0. The molecule has 2 saturated heterocycles. The zero-order valence-electron chi connectivity index (χ0n) is 13.0. The van der Waals surface area contributed by atoms with E-state index >= 15 is 0 Å². The first-order valence-corrected chi connectivity index (χ1v) is 8.41. The van der Waals surface area contributed by atoms with Crippen molar-refractivity contribution in [3.63, 3.8) is 0 Å². The van der Waals surface area contributed by atoms with Gasteiger partial charge in [0.05, 0.1) is 12.1 Å². The molecule has 0 aromatic rings. The fraction of sp³-hybridized carbons (Fsp3) is 0.812. The molecule has 22 heavy (non-hydrogen) atoms. The number of hydrogen-bond acceptors (Lipinski definition) is 3. The predicted molar refractivity (Wildman–Crippen MR) is 80.8 cm³/mol. The standard InChI is InChI=1S/C16H24N4O2/c17-12-16(6-2-1-3-7-16)14(21)19-9-4-5-13(11-19)20-10-8-18-15(20)22/h13H,1-11H2,(H,18,22). The molecule has 2 aliphatic heterocycles. The Morgan fingerprint density at radius 2 is 2.00 bits per heavy atom. The van der Waals surface area contributed by atoms with Crippen LogP contribution in [0, 0.1) is 16.7 Å². The van der Waals surface area contributed by atoms with Crippen molar-refractivity contribution in [1.29, 1.82) is 5.26 Å². The van der Waals surface area contributed by atoms with Crippen molar-refractivity contribution < 1.29 is 9.59 Å². The molecule has 1 N–H and O–H groups in total. The smallest absolute Gasteiger partial charge is 0.317 e. The van der Waals surface area contributed by atoms with E-state index < -0.39 is 5.41 Å². The molecule has 1 atom stereocenters. The first-order valence-electron chi connectivity index (χ1n) is 8.41. The fourth-order valence-electron chi connectivity index (χ4n) is 4.06. The van der Waals surface area contributed by atoms with Gasteiger partial charge in [0.1, 0.15) is 5.41 Å². The minimum Gasteiger partial charge on any atom is -0.339 e. The third-order valence-electron chi connectivity index (χ3n) is 5.34. The van der Waals surface area contributed by atoms with E-state index in [0.29, 0.717) is 32.5 Å². The number of piperidine rings is 1. The highest BCUT2D eigenvalue weighted by Crippen LogP contribution is 2.38. The average molecular weight is 304 g/mol. The van der Waals surface area contributed by atoms with Gasteiger partial charge >= 0.3 is 6.03 Å². The number of rotatable bonds is 2.